The lowest BCUT2D eigenvalue weighted by Gasteiger charge is -2.32. The first kappa shape index (κ1) is 14.5. The third kappa shape index (κ3) is 3.19. The Balaban J connectivity index is 2.68. The number of esters is 1. The Morgan fingerprint density at radius 2 is 1.76 bits per heavy atom. The maximum Gasteiger partial charge on any atom is 0.309 e. The second-order valence-electron chi connectivity index (χ2n) is 5.64. The highest BCUT2D eigenvalue weighted by Crippen LogP contribution is 2.44. The molecule has 1 heterocycles. The predicted molar refractivity (Wildman–Crippen MR) is 64.0 cm³/mol. The van der Waals surface area contributed by atoms with Crippen molar-refractivity contribution >= 4 is 5.97 Å². The van der Waals surface area contributed by atoms with Crippen LogP contribution in [0.2, 0.25) is 0 Å². The zero-order chi connectivity index (χ0) is 13.3. The van der Waals surface area contributed by atoms with Crippen LogP contribution in [0.5, 0.6) is 0 Å². The van der Waals surface area contributed by atoms with E-state index in [1.165, 1.54) is 0 Å². The molecule has 0 N–H and O–H groups in total. The number of hydrogen-bond donors (Lipinski definition) is 0. The molecule has 1 rings (SSSR count). The van der Waals surface area contributed by atoms with Crippen LogP contribution >= 0.6 is 0 Å². The summed E-state index contributed by atoms with van der Waals surface area (Å²) < 4.78 is 5.52. The summed E-state index contributed by atoms with van der Waals surface area (Å²) in [5, 5.41) is 0. The first-order chi connectivity index (χ1) is 7.77. The van der Waals surface area contributed by atoms with Crippen LogP contribution < -0.4 is 0 Å². The SMILES string of the molecule is CCC(C)(C)OC(=O)C(C)C(C)(CC)C1OO1. The molecule has 0 saturated carbocycles. The van der Waals surface area contributed by atoms with Crippen LogP contribution in [0.4, 0.5) is 0 Å². The lowest BCUT2D eigenvalue weighted by atomic mass is 9.75. The molecule has 1 aliphatic rings. The van der Waals surface area contributed by atoms with Crippen molar-refractivity contribution in [2.24, 2.45) is 11.3 Å². The van der Waals surface area contributed by atoms with Crippen LogP contribution in [0.25, 0.3) is 0 Å². The van der Waals surface area contributed by atoms with Crippen LogP contribution in [0.1, 0.15) is 54.4 Å². The number of hydrogen-bond acceptors (Lipinski definition) is 4. The van der Waals surface area contributed by atoms with E-state index in [4.69, 9.17) is 14.5 Å². The van der Waals surface area contributed by atoms with Crippen LogP contribution in [-0.4, -0.2) is 17.9 Å². The van der Waals surface area contributed by atoms with Gasteiger partial charge in [0.1, 0.15) is 5.60 Å². The van der Waals surface area contributed by atoms with Gasteiger partial charge in [-0.2, -0.15) is 9.78 Å². The average molecular weight is 244 g/mol. The Hall–Kier alpha value is -0.610. The van der Waals surface area contributed by atoms with Crippen LogP contribution in [0.15, 0.2) is 0 Å². The van der Waals surface area contributed by atoms with E-state index >= 15 is 0 Å². The second kappa shape index (κ2) is 4.94. The van der Waals surface area contributed by atoms with Gasteiger partial charge in [0.2, 0.25) is 6.29 Å². The topological polar surface area (TPSA) is 51.4 Å². The average Bonchev–Trinajstić information content (AvgIpc) is 3.10. The molecule has 2 atom stereocenters. The van der Waals surface area contributed by atoms with E-state index in [0.29, 0.717) is 0 Å². The Kier molecular flexibility index (Phi) is 4.20. The van der Waals surface area contributed by atoms with Crippen molar-refractivity contribution in [3.63, 3.8) is 0 Å². The summed E-state index contributed by atoms with van der Waals surface area (Å²) >= 11 is 0. The standard InChI is InChI=1S/C13H24O4/c1-7-12(4,5)15-10(14)9(3)13(6,8-2)11-16-17-11/h9,11H,7-8H2,1-6H3. The maximum absolute atomic E-state index is 12.1. The van der Waals surface area contributed by atoms with E-state index < -0.39 is 5.60 Å². The molecule has 4 nitrogen and oxygen atoms in total. The summed E-state index contributed by atoms with van der Waals surface area (Å²) in [5.41, 5.74) is -0.730. The summed E-state index contributed by atoms with van der Waals surface area (Å²) in [4.78, 5) is 21.9. The minimum Gasteiger partial charge on any atom is -0.459 e. The number of ether oxygens (including phenoxy) is 1. The predicted octanol–water partition coefficient (Wildman–Crippen LogP) is 3.06. The molecule has 0 aromatic carbocycles. The molecule has 1 saturated heterocycles. The van der Waals surface area contributed by atoms with Crippen molar-refractivity contribution in [1.29, 1.82) is 0 Å². The minimum atomic E-state index is -0.411. The monoisotopic (exact) mass is 244 g/mol. The van der Waals surface area contributed by atoms with E-state index in [-0.39, 0.29) is 23.6 Å². The van der Waals surface area contributed by atoms with Gasteiger partial charge in [-0.3, -0.25) is 4.79 Å². The lowest BCUT2D eigenvalue weighted by molar-refractivity contribution is -0.166. The molecule has 1 aliphatic heterocycles. The molecule has 1 fully saturated rings. The summed E-state index contributed by atoms with van der Waals surface area (Å²) in [7, 11) is 0. The molecule has 4 heteroatoms. The lowest BCUT2D eigenvalue weighted by Crippen LogP contribution is -2.40. The fraction of sp³-hybridized carbons (Fsp3) is 0.923. The largest absolute Gasteiger partial charge is 0.459 e. The van der Waals surface area contributed by atoms with E-state index in [9.17, 15) is 4.79 Å². The highest BCUT2D eigenvalue weighted by molar-refractivity contribution is 5.73. The Labute approximate surface area is 104 Å². The van der Waals surface area contributed by atoms with Crippen molar-refractivity contribution in [2.45, 2.75) is 66.3 Å². The first-order valence-corrected chi connectivity index (χ1v) is 6.32. The van der Waals surface area contributed by atoms with E-state index in [1.54, 1.807) is 0 Å². The zero-order valence-corrected chi connectivity index (χ0v) is 11.7. The van der Waals surface area contributed by atoms with Gasteiger partial charge in [0, 0.05) is 5.41 Å². The molecule has 100 valence electrons. The fourth-order valence-corrected chi connectivity index (χ4v) is 1.63. The van der Waals surface area contributed by atoms with Gasteiger partial charge < -0.3 is 4.74 Å². The fourth-order valence-electron chi connectivity index (χ4n) is 1.63. The van der Waals surface area contributed by atoms with Crippen LogP contribution in [0, 0.1) is 11.3 Å². The molecule has 0 amide bonds. The van der Waals surface area contributed by atoms with Crippen molar-refractivity contribution < 1.29 is 19.3 Å². The number of carbonyl (C=O) groups excluding carboxylic acids is 1. The summed E-state index contributed by atoms with van der Waals surface area (Å²) in [6.45, 7) is 11.7. The van der Waals surface area contributed by atoms with Gasteiger partial charge >= 0.3 is 5.97 Å². The van der Waals surface area contributed by atoms with Crippen molar-refractivity contribution in [3.8, 4) is 0 Å². The molecule has 2 unspecified atom stereocenters. The van der Waals surface area contributed by atoms with Crippen molar-refractivity contribution in [3.05, 3.63) is 0 Å². The molecule has 0 bridgehead atoms. The normalized spacial score (nSPS) is 21.8. The van der Waals surface area contributed by atoms with Gasteiger partial charge in [0.15, 0.2) is 0 Å². The molecule has 0 aliphatic carbocycles. The van der Waals surface area contributed by atoms with Crippen molar-refractivity contribution in [1.82, 2.24) is 0 Å². The highest BCUT2D eigenvalue weighted by Gasteiger charge is 2.51. The third-order valence-corrected chi connectivity index (χ3v) is 4.06. The quantitative estimate of drug-likeness (QED) is 0.409. The first-order valence-electron chi connectivity index (χ1n) is 6.32. The molecule has 0 radical (unpaired) electrons. The van der Waals surface area contributed by atoms with E-state index in [0.717, 1.165) is 12.8 Å². The molecular weight excluding hydrogens is 220 g/mol. The van der Waals surface area contributed by atoms with Crippen LogP contribution in [0.3, 0.4) is 0 Å². The summed E-state index contributed by atoms with van der Waals surface area (Å²) in [5.74, 6) is -0.425. The molecule has 0 aromatic heterocycles. The number of rotatable bonds is 6. The van der Waals surface area contributed by atoms with Gasteiger partial charge in [0.05, 0.1) is 5.92 Å². The Morgan fingerprint density at radius 1 is 1.24 bits per heavy atom. The highest BCUT2D eigenvalue weighted by atomic mass is 17.4. The van der Waals surface area contributed by atoms with E-state index in [2.05, 4.69) is 0 Å². The molecule has 0 spiro atoms. The minimum absolute atomic E-state index is 0.180. The molecule has 17 heavy (non-hydrogen) atoms. The second-order valence-corrected chi connectivity index (χ2v) is 5.64. The van der Waals surface area contributed by atoms with Gasteiger partial charge in [-0.15, -0.1) is 0 Å². The third-order valence-electron chi connectivity index (χ3n) is 4.06. The molecule has 0 aromatic rings. The van der Waals surface area contributed by atoms with Gasteiger partial charge in [-0.05, 0) is 26.7 Å². The maximum atomic E-state index is 12.1. The Bertz CT molecular complexity index is 283. The van der Waals surface area contributed by atoms with Gasteiger partial charge in [-0.25, -0.2) is 0 Å². The zero-order valence-electron chi connectivity index (χ0n) is 11.7. The summed E-state index contributed by atoms with van der Waals surface area (Å²) in [6.07, 6.45) is 1.32. The Morgan fingerprint density at radius 3 is 2.12 bits per heavy atom. The van der Waals surface area contributed by atoms with Crippen LogP contribution in [-0.2, 0) is 19.3 Å². The summed E-state index contributed by atoms with van der Waals surface area (Å²) in [6, 6.07) is 0. The van der Waals surface area contributed by atoms with E-state index in [1.807, 2.05) is 41.5 Å². The van der Waals surface area contributed by atoms with Gasteiger partial charge in [0.25, 0.3) is 0 Å². The molecular formula is C13H24O4. The van der Waals surface area contributed by atoms with Crippen molar-refractivity contribution in [2.75, 3.05) is 0 Å². The van der Waals surface area contributed by atoms with Gasteiger partial charge in [-0.1, -0.05) is 27.7 Å². The smallest absolute Gasteiger partial charge is 0.309 e. The number of carbonyl (C=O) groups is 1.